The fourth-order valence-electron chi connectivity index (χ4n) is 1.26. The third-order valence-electron chi connectivity index (χ3n) is 2.11. The number of hydrogen-bond acceptors (Lipinski definition) is 3. The third-order valence-corrected chi connectivity index (χ3v) is 2.11. The highest BCUT2D eigenvalue weighted by Crippen LogP contribution is 2.28. The fraction of sp³-hybridized carbons (Fsp3) is 0.417. The number of rotatable bonds is 5. The molecule has 0 bridgehead atoms. The molecule has 3 heteroatoms. The second-order valence-corrected chi connectivity index (χ2v) is 3.10. The summed E-state index contributed by atoms with van der Waals surface area (Å²) in [5, 5.41) is 8.39. The Balaban J connectivity index is 2.74. The van der Waals surface area contributed by atoms with E-state index in [9.17, 15) is 0 Å². The summed E-state index contributed by atoms with van der Waals surface area (Å²) in [5.41, 5.74) is 1.21. The number of aryl methyl sites for hydroxylation is 1. The summed E-state index contributed by atoms with van der Waals surface area (Å²) in [4.78, 5) is 0. The van der Waals surface area contributed by atoms with E-state index in [2.05, 4.69) is 6.92 Å². The number of methoxy groups -OCH3 is 1. The minimum absolute atomic E-state index is 0.388. The standard InChI is InChI=1S/C12H15NO2/c1-3-10-5-6-11(12(9-10)14-2)15-8-4-7-13/h5-6,9H,3-4,8H2,1-2H3. The Labute approximate surface area is 90.2 Å². The number of nitriles is 1. The van der Waals surface area contributed by atoms with E-state index in [4.69, 9.17) is 14.7 Å². The van der Waals surface area contributed by atoms with Crippen LogP contribution in [0.2, 0.25) is 0 Å². The molecule has 0 aromatic heterocycles. The van der Waals surface area contributed by atoms with Crippen LogP contribution < -0.4 is 9.47 Å². The minimum Gasteiger partial charge on any atom is -0.493 e. The van der Waals surface area contributed by atoms with E-state index in [1.54, 1.807) is 7.11 Å². The van der Waals surface area contributed by atoms with E-state index >= 15 is 0 Å². The highest BCUT2D eigenvalue weighted by molar-refractivity contribution is 5.42. The molecule has 0 heterocycles. The molecule has 0 amide bonds. The smallest absolute Gasteiger partial charge is 0.161 e. The molecule has 0 saturated heterocycles. The SMILES string of the molecule is CCc1ccc(OCCC#N)c(OC)c1. The normalized spacial score (nSPS) is 9.40. The Morgan fingerprint density at radius 2 is 2.13 bits per heavy atom. The van der Waals surface area contributed by atoms with Crippen molar-refractivity contribution in [2.45, 2.75) is 19.8 Å². The van der Waals surface area contributed by atoms with Crippen LogP contribution >= 0.6 is 0 Å². The molecule has 0 atom stereocenters. The van der Waals surface area contributed by atoms with Crippen molar-refractivity contribution in [2.24, 2.45) is 0 Å². The summed E-state index contributed by atoms with van der Waals surface area (Å²) < 4.78 is 10.6. The van der Waals surface area contributed by atoms with Crippen molar-refractivity contribution in [1.29, 1.82) is 5.26 Å². The zero-order valence-corrected chi connectivity index (χ0v) is 9.12. The summed E-state index contributed by atoms with van der Waals surface area (Å²) in [5.74, 6) is 1.43. The lowest BCUT2D eigenvalue weighted by Crippen LogP contribution is -1.98. The van der Waals surface area contributed by atoms with Crippen LogP contribution in [0.15, 0.2) is 18.2 Å². The molecule has 0 spiro atoms. The van der Waals surface area contributed by atoms with Gasteiger partial charge >= 0.3 is 0 Å². The average molecular weight is 205 g/mol. The summed E-state index contributed by atoms with van der Waals surface area (Å²) in [6.07, 6.45) is 1.35. The first-order chi connectivity index (χ1) is 7.31. The first-order valence-electron chi connectivity index (χ1n) is 4.98. The average Bonchev–Trinajstić information content (AvgIpc) is 2.29. The molecule has 0 aliphatic carbocycles. The predicted octanol–water partition coefficient (Wildman–Crippen LogP) is 2.55. The molecule has 0 unspecified atom stereocenters. The predicted molar refractivity (Wildman–Crippen MR) is 58.1 cm³/mol. The van der Waals surface area contributed by atoms with Crippen molar-refractivity contribution in [2.75, 3.05) is 13.7 Å². The number of hydrogen-bond donors (Lipinski definition) is 0. The quantitative estimate of drug-likeness (QED) is 0.694. The Kier molecular flexibility index (Phi) is 4.49. The van der Waals surface area contributed by atoms with E-state index < -0.39 is 0 Å². The Hall–Kier alpha value is -1.69. The zero-order chi connectivity index (χ0) is 11.1. The van der Waals surface area contributed by atoms with Crippen molar-refractivity contribution < 1.29 is 9.47 Å². The van der Waals surface area contributed by atoms with Gasteiger partial charge in [0.25, 0.3) is 0 Å². The second-order valence-electron chi connectivity index (χ2n) is 3.10. The van der Waals surface area contributed by atoms with Gasteiger partial charge in [-0.2, -0.15) is 5.26 Å². The van der Waals surface area contributed by atoms with Gasteiger partial charge in [0.15, 0.2) is 11.5 Å². The van der Waals surface area contributed by atoms with Crippen molar-refractivity contribution in [3.63, 3.8) is 0 Å². The van der Waals surface area contributed by atoms with Gasteiger partial charge in [-0.25, -0.2) is 0 Å². The lowest BCUT2D eigenvalue weighted by molar-refractivity contribution is 0.301. The topological polar surface area (TPSA) is 42.2 Å². The first kappa shape index (κ1) is 11.4. The van der Waals surface area contributed by atoms with Crippen molar-refractivity contribution >= 4 is 0 Å². The van der Waals surface area contributed by atoms with Crippen LogP contribution in [0.3, 0.4) is 0 Å². The van der Waals surface area contributed by atoms with Gasteiger partial charge in [-0.05, 0) is 24.1 Å². The van der Waals surface area contributed by atoms with E-state index in [1.165, 1.54) is 5.56 Å². The molecule has 3 nitrogen and oxygen atoms in total. The largest absolute Gasteiger partial charge is 0.493 e. The molecule has 0 aliphatic heterocycles. The molecule has 0 fully saturated rings. The van der Waals surface area contributed by atoms with E-state index in [0.29, 0.717) is 18.8 Å². The van der Waals surface area contributed by atoms with Crippen LogP contribution in [-0.2, 0) is 6.42 Å². The molecular formula is C12H15NO2. The molecule has 0 saturated carbocycles. The Morgan fingerprint density at radius 1 is 1.33 bits per heavy atom. The highest BCUT2D eigenvalue weighted by atomic mass is 16.5. The summed E-state index contributed by atoms with van der Waals surface area (Å²) >= 11 is 0. The molecule has 15 heavy (non-hydrogen) atoms. The molecule has 1 rings (SSSR count). The van der Waals surface area contributed by atoms with Crippen LogP contribution in [0.4, 0.5) is 0 Å². The van der Waals surface area contributed by atoms with Crippen LogP contribution in [0.5, 0.6) is 11.5 Å². The number of benzene rings is 1. The second kappa shape index (κ2) is 5.92. The summed E-state index contributed by atoms with van der Waals surface area (Å²) in [7, 11) is 1.62. The van der Waals surface area contributed by atoms with Crippen LogP contribution in [0.1, 0.15) is 18.9 Å². The van der Waals surface area contributed by atoms with Crippen LogP contribution in [0, 0.1) is 11.3 Å². The Morgan fingerprint density at radius 3 is 2.73 bits per heavy atom. The van der Waals surface area contributed by atoms with Crippen molar-refractivity contribution in [3.05, 3.63) is 23.8 Å². The maximum atomic E-state index is 8.39. The third kappa shape index (κ3) is 3.17. The van der Waals surface area contributed by atoms with Crippen molar-refractivity contribution in [3.8, 4) is 17.6 Å². The lowest BCUT2D eigenvalue weighted by atomic mass is 10.1. The van der Waals surface area contributed by atoms with E-state index in [1.807, 2.05) is 24.3 Å². The van der Waals surface area contributed by atoms with Gasteiger partial charge in [-0.15, -0.1) is 0 Å². The van der Waals surface area contributed by atoms with Crippen LogP contribution in [0.25, 0.3) is 0 Å². The van der Waals surface area contributed by atoms with Crippen molar-refractivity contribution in [1.82, 2.24) is 0 Å². The highest BCUT2D eigenvalue weighted by Gasteiger charge is 2.04. The van der Waals surface area contributed by atoms with Gasteiger partial charge in [0.2, 0.25) is 0 Å². The fourth-order valence-corrected chi connectivity index (χ4v) is 1.26. The number of ether oxygens (including phenoxy) is 2. The molecule has 0 radical (unpaired) electrons. The van der Waals surface area contributed by atoms with E-state index in [-0.39, 0.29) is 0 Å². The molecular weight excluding hydrogens is 190 g/mol. The maximum absolute atomic E-state index is 8.39. The molecule has 1 aromatic carbocycles. The van der Waals surface area contributed by atoms with Gasteiger partial charge in [-0.1, -0.05) is 13.0 Å². The molecule has 0 aliphatic rings. The summed E-state index contributed by atoms with van der Waals surface area (Å²) in [6, 6.07) is 7.88. The maximum Gasteiger partial charge on any atom is 0.161 e. The van der Waals surface area contributed by atoms with E-state index in [0.717, 1.165) is 12.2 Å². The summed E-state index contributed by atoms with van der Waals surface area (Å²) in [6.45, 7) is 2.49. The van der Waals surface area contributed by atoms with Gasteiger partial charge in [0.05, 0.1) is 19.6 Å². The monoisotopic (exact) mass is 205 g/mol. The van der Waals surface area contributed by atoms with Crippen LogP contribution in [-0.4, -0.2) is 13.7 Å². The lowest BCUT2D eigenvalue weighted by Gasteiger charge is -2.10. The van der Waals surface area contributed by atoms with Gasteiger partial charge in [0, 0.05) is 0 Å². The van der Waals surface area contributed by atoms with Gasteiger partial charge < -0.3 is 9.47 Å². The minimum atomic E-state index is 0.388. The Bertz CT molecular complexity index is 355. The van der Waals surface area contributed by atoms with Gasteiger partial charge in [0.1, 0.15) is 6.61 Å². The first-order valence-corrected chi connectivity index (χ1v) is 4.98. The molecule has 0 N–H and O–H groups in total. The van der Waals surface area contributed by atoms with Gasteiger partial charge in [-0.3, -0.25) is 0 Å². The number of nitrogens with zero attached hydrogens (tertiary/aromatic N) is 1. The molecule has 80 valence electrons. The zero-order valence-electron chi connectivity index (χ0n) is 9.12. The molecule has 1 aromatic rings.